The number of nitrogens with zero attached hydrogens (tertiary/aromatic N) is 3. The Morgan fingerprint density at radius 2 is 2.00 bits per heavy atom. The van der Waals surface area contributed by atoms with Crippen LogP contribution in [0.5, 0.6) is 11.5 Å². The van der Waals surface area contributed by atoms with Gasteiger partial charge in [0.1, 0.15) is 6.10 Å². The predicted octanol–water partition coefficient (Wildman–Crippen LogP) is 3.59. The van der Waals surface area contributed by atoms with Crippen LogP contribution >= 0.6 is 0 Å². The van der Waals surface area contributed by atoms with Crippen LogP contribution in [0.15, 0.2) is 42.5 Å². The van der Waals surface area contributed by atoms with Crippen molar-refractivity contribution >= 4 is 12.0 Å². The van der Waals surface area contributed by atoms with Crippen LogP contribution in [0.25, 0.3) is 6.08 Å². The lowest BCUT2D eigenvalue weighted by Crippen LogP contribution is -2.81. The second kappa shape index (κ2) is 8.09. The summed E-state index contributed by atoms with van der Waals surface area (Å²) in [7, 11) is 8.57. The van der Waals surface area contributed by atoms with E-state index in [9.17, 15) is 9.90 Å². The van der Waals surface area contributed by atoms with Gasteiger partial charge in [-0.3, -0.25) is 4.79 Å². The zero-order chi connectivity index (χ0) is 25.4. The van der Waals surface area contributed by atoms with Crippen molar-refractivity contribution < 1.29 is 14.6 Å². The van der Waals surface area contributed by atoms with Gasteiger partial charge < -0.3 is 24.5 Å². The number of ether oxygens (including phenoxy) is 1. The molecule has 0 aromatic heterocycles. The number of benzene rings is 2. The van der Waals surface area contributed by atoms with E-state index in [4.69, 9.17) is 4.74 Å². The minimum atomic E-state index is -0.271. The van der Waals surface area contributed by atoms with Crippen molar-refractivity contribution in [1.29, 1.82) is 0 Å². The van der Waals surface area contributed by atoms with E-state index >= 15 is 0 Å². The zero-order valence-electron chi connectivity index (χ0n) is 22.0. The normalized spacial score (nSPS) is 32.4. The molecule has 0 radical (unpaired) electrons. The highest BCUT2D eigenvalue weighted by Gasteiger charge is 2.74. The molecule has 2 aromatic carbocycles. The molecule has 2 aliphatic heterocycles. The van der Waals surface area contributed by atoms with Crippen LogP contribution in [0.2, 0.25) is 0 Å². The number of likely N-dealkylation sites (tertiary alicyclic amines) is 1. The van der Waals surface area contributed by atoms with Crippen LogP contribution in [-0.4, -0.2) is 84.2 Å². The lowest BCUT2D eigenvalue weighted by Gasteiger charge is -2.68. The third-order valence-electron chi connectivity index (χ3n) is 9.80. The maximum absolute atomic E-state index is 13.4. The number of rotatable bonds is 4. The lowest BCUT2D eigenvalue weighted by atomic mass is 9.46. The van der Waals surface area contributed by atoms with Gasteiger partial charge in [-0.15, -0.1) is 0 Å². The van der Waals surface area contributed by atoms with E-state index in [0.29, 0.717) is 11.8 Å². The van der Waals surface area contributed by atoms with Crippen molar-refractivity contribution in [3.8, 4) is 11.5 Å². The molecule has 4 aliphatic rings. The number of hydrogen-bond donors (Lipinski definition) is 1. The molecule has 6 heteroatoms. The second-order valence-electron chi connectivity index (χ2n) is 11.5. The van der Waals surface area contributed by atoms with Crippen molar-refractivity contribution in [2.45, 2.75) is 61.7 Å². The number of phenols is 1. The van der Waals surface area contributed by atoms with Crippen LogP contribution in [-0.2, 0) is 16.6 Å². The molecule has 1 N–H and O–H groups in total. The van der Waals surface area contributed by atoms with Crippen LogP contribution in [0.4, 0.5) is 0 Å². The molecule has 2 fully saturated rings. The van der Waals surface area contributed by atoms with Crippen molar-refractivity contribution in [2.75, 3.05) is 34.7 Å². The Hall–Kier alpha value is -2.83. The van der Waals surface area contributed by atoms with Gasteiger partial charge in [-0.2, -0.15) is 0 Å². The Morgan fingerprint density at radius 3 is 2.75 bits per heavy atom. The summed E-state index contributed by atoms with van der Waals surface area (Å²) in [5.74, 6) is 0.851. The van der Waals surface area contributed by atoms with Gasteiger partial charge >= 0.3 is 0 Å². The molecule has 1 spiro atoms. The molecule has 190 valence electrons. The third-order valence-corrected chi connectivity index (χ3v) is 9.80. The largest absolute Gasteiger partial charge is 0.504 e. The molecule has 6 rings (SSSR count). The molecule has 6 nitrogen and oxygen atoms in total. The molecule has 36 heavy (non-hydrogen) atoms. The molecule has 1 saturated heterocycles. The van der Waals surface area contributed by atoms with Crippen molar-refractivity contribution in [3.63, 3.8) is 0 Å². The van der Waals surface area contributed by atoms with Gasteiger partial charge in [-0.05, 0) is 83.6 Å². The van der Waals surface area contributed by atoms with Gasteiger partial charge in [0.2, 0.25) is 5.91 Å². The third kappa shape index (κ3) is 2.94. The molecule has 1 amide bonds. The Bertz CT molecular complexity index is 1260. The fourth-order valence-corrected chi connectivity index (χ4v) is 8.27. The first-order chi connectivity index (χ1) is 17.2. The van der Waals surface area contributed by atoms with Crippen molar-refractivity contribution in [1.82, 2.24) is 14.7 Å². The van der Waals surface area contributed by atoms with E-state index in [1.54, 1.807) is 12.1 Å². The van der Waals surface area contributed by atoms with Gasteiger partial charge in [-0.1, -0.05) is 35.9 Å². The second-order valence-corrected chi connectivity index (χ2v) is 11.5. The molecule has 2 heterocycles. The number of hydrogen-bond acceptors (Lipinski definition) is 5. The first kappa shape index (κ1) is 23.6. The van der Waals surface area contributed by atoms with Gasteiger partial charge in [0.05, 0.1) is 11.5 Å². The number of aryl methyl sites for hydroxylation is 1. The first-order valence-electron chi connectivity index (χ1n) is 13.1. The lowest BCUT2D eigenvalue weighted by molar-refractivity contribution is -0.157. The SMILES string of the molecule is Cc1cccc(C=CC(=O)N(C)[C@H]2CC[C@@]3(N(C)C)[C@H]4Cc5ccc(O)c6c5[C@@]3(CCN4C)[C@H]2O6)c1. The highest BCUT2D eigenvalue weighted by Crippen LogP contribution is 2.66. The zero-order valence-corrected chi connectivity index (χ0v) is 22.0. The van der Waals surface area contributed by atoms with Crippen LogP contribution < -0.4 is 4.74 Å². The predicted molar refractivity (Wildman–Crippen MR) is 141 cm³/mol. The molecule has 5 atom stereocenters. The summed E-state index contributed by atoms with van der Waals surface area (Å²) >= 11 is 0. The number of phenolic OH excluding ortho intramolecular Hbond substituents is 1. The monoisotopic (exact) mass is 487 g/mol. The number of aromatic hydroxyl groups is 1. The van der Waals surface area contributed by atoms with E-state index in [0.717, 1.165) is 37.8 Å². The summed E-state index contributed by atoms with van der Waals surface area (Å²) in [6, 6.07) is 12.3. The van der Waals surface area contributed by atoms with E-state index in [2.05, 4.69) is 56.1 Å². The number of carbonyl (C=O) groups excluding carboxylic acids is 1. The number of likely N-dealkylation sites (N-methyl/N-ethyl adjacent to an activating group) is 3. The molecular weight excluding hydrogens is 450 g/mol. The maximum atomic E-state index is 13.4. The number of amides is 1. The van der Waals surface area contributed by atoms with Gasteiger partial charge in [0.25, 0.3) is 0 Å². The van der Waals surface area contributed by atoms with Crippen molar-refractivity contribution in [3.05, 3.63) is 64.7 Å². The number of carbonyl (C=O) groups is 1. The van der Waals surface area contributed by atoms with Crippen LogP contribution in [0.3, 0.4) is 0 Å². The highest BCUT2D eigenvalue weighted by atomic mass is 16.5. The highest BCUT2D eigenvalue weighted by molar-refractivity contribution is 5.92. The maximum Gasteiger partial charge on any atom is 0.246 e. The van der Waals surface area contributed by atoms with Gasteiger partial charge in [0, 0.05) is 30.3 Å². The number of piperidine rings is 1. The first-order valence-corrected chi connectivity index (χ1v) is 13.1. The summed E-state index contributed by atoms with van der Waals surface area (Å²) in [6.45, 7) is 3.04. The topological polar surface area (TPSA) is 56.2 Å². The van der Waals surface area contributed by atoms with E-state index < -0.39 is 0 Å². The molecule has 2 aromatic rings. The van der Waals surface area contributed by atoms with Crippen LogP contribution in [0.1, 0.15) is 41.5 Å². The van der Waals surface area contributed by atoms with E-state index in [1.165, 1.54) is 16.7 Å². The molecule has 0 unspecified atom stereocenters. The molecule has 2 aliphatic carbocycles. The van der Waals surface area contributed by atoms with E-state index in [1.807, 2.05) is 30.2 Å². The Kier molecular flexibility index (Phi) is 5.29. The Morgan fingerprint density at radius 1 is 1.19 bits per heavy atom. The summed E-state index contributed by atoms with van der Waals surface area (Å²) in [4.78, 5) is 20.3. The summed E-state index contributed by atoms with van der Waals surface area (Å²) < 4.78 is 6.77. The van der Waals surface area contributed by atoms with Crippen molar-refractivity contribution in [2.24, 2.45) is 0 Å². The Balaban J connectivity index is 1.42. The summed E-state index contributed by atoms with van der Waals surface area (Å²) in [5, 5.41) is 10.9. The standard InChI is InChI=1S/C30H37N3O3/c1-19-7-6-8-20(17-19)9-12-25(35)33(5)22-13-14-30(31(2)3)24-18-21-10-11-23(34)27-26(21)29(30,28(22)36-27)15-16-32(24)4/h6-12,17,22,24,28,34H,13-16,18H2,1-5H3/t22-,24+,28-,29-,30+/m0/s1. The molecular formula is C30H37N3O3. The quantitative estimate of drug-likeness (QED) is 0.668. The van der Waals surface area contributed by atoms with Crippen LogP contribution in [0, 0.1) is 6.92 Å². The smallest absolute Gasteiger partial charge is 0.246 e. The average molecular weight is 488 g/mol. The Labute approximate surface area is 214 Å². The summed E-state index contributed by atoms with van der Waals surface area (Å²) in [5.41, 5.74) is 4.29. The molecule has 2 bridgehead atoms. The average Bonchev–Trinajstić information content (AvgIpc) is 3.21. The van der Waals surface area contributed by atoms with Gasteiger partial charge in [0.15, 0.2) is 11.5 Å². The fraction of sp³-hybridized carbons (Fsp3) is 0.500. The minimum Gasteiger partial charge on any atom is -0.504 e. The van der Waals surface area contributed by atoms with E-state index in [-0.39, 0.29) is 34.8 Å². The molecule has 1 saturated carbocycles. The summed E-state index contributed by atoms with van der Waals surface area (Å²) in [6.07, 6.45) is 7.12. The van der Waals surface area contributed by atoms with Gasteiger partial charge in [-0.25, -0.2) is 0 Å². The fourth-order valence-electron chi connectivity index (χ4n) is 8.27. The minimum absolute atomic E-state index is 0.0143.